The van der Waals surface area contributed by atoms with Gasteiger partial charge in [-0.25, -0.2) is 4.98 Å². The summed E-state index contributed by atoms with van der Waals surface area (Å²) in [6.45, 7) is 2.39. The summed E-state index contributed by atoms with van der Waals surface area (Å²) in [6.07, 6.45) is 0. The summed E-state index contributed by atoms with van der Waals surface area (Å²) in [7, 11) is 0. The number of halogens is 1. The quantitative estimate of drug-likeness (QED) is 0.348. The fourth-order valence-electron chi connectivity index (χ4n) is 3.03. The van der Waals surface area contributed by atoms with Gasteiger partial charge in [0, 0.05) is 21.8 Å². The molecule has 0 saturated heterocycles. The average Bonchev–Trinajstić information content (AvgIpc) is 2.75. The predicted molar refractivity (Wildman–Crippen MR) is 129 cm³/mol. The molecular weight excluding hydrogens is 414 g/mol. The number of benzene rings is 3. The Balaban J connectivity index is 1.33. The Labute approximate surface area is 185 Å². The molecular formula is C24H20ClN3OS. The van der Waals surface area contributed by atoms with E-state index in [4.69, 9.17) is 28.6 Å². The number of pyridine rings is 1. The van der Waals surface area contributed by atoms with E-state index >= 15 is 0 Å². The van der Waals surface area contributed by atoms with Crippen molar-refractivity contribution < 1.29 is 4.74 Å². The first-order chi connectivity index (χ1) is 14.6. The van der Waals surface area contributed by atoms with Crippen LogP contribution < -0.4 is 15.4 Å². The van der Waals surface area contributed by atoms with Gasteiger partial charge >= 0.3 is 0 Å². The van der Waals surface area contributed by atoms with Gasteiger partial charge in [0.1, 0.15) is 12.4 Å². The van der Waals surface area contributed by atoms with Crippen molar-refractivity contribution in [2.24, 2.45) is 0 Å². The molecule has 4 aromatic rings. The zero-order chi connectivity index (χ0) is 20.9. The van der Waals surface area contributed by atoms with Crippen LogP contribution in [-0.4, -0.2) is 10.1 Å². The Morgan fingerprint density at radius 3 is 2.57 bits per heavy atom. The number of hydrogen-bond acceptors (Lipinski definition) is 3. The Hall–Kier alpha value is -3.15. The Bertz CT molecular complexity index is 1190. The van der Waals surface area contributed by atoms with Crippen LogP contribution in [0.25, 0.3) is 10.9 Å². The first-order valence-electron chi connectivity index (χ1n) is 9.48. The van der Waals surface area contributed by atoms with Crippen molar-refractivity contribution in [1.29, 1.82) is 0 Å². The van der Waals surface area contributed by atoms with Crippen LogP contribution in [0.2, 0.25) is 5.02 Å². The summed E-state index contributed by atoms with van der Waals surface area (Å²) in [5.41, 5.74) is 4.67. The Morgan fingerprint density at radius 1 is 0.967 bits per heavy atom. The maximum atomic E-state index is 6.00. The molecule has 0 aliphatic heterocycles. The molecule has 6 heteroatoms. The van der Waals surface area contributed by atoms with E-state index in [2.05, 4.69) is 21.7 Å². The van der Waals surface area contributed by atoms with E-state index in [-0.39, 0.29) is 0 Å². The number of nitrogens with one attached hydrogen (secondary N) is 2. The number of hydrogen-bond donors (Lipinski definition) is 2. The molecule has 4 nitrogen and oxygen atoms in total. The summed E-state index contributed by atoms with van der Waals surface area (Å²) in [5.74, 6) is 0.767. The highest BCUT2D eigenvalue weighted by Crippen LogP contribution is 2.21. The van der Waals surface area contributed by atoms with Crippen molar-refractivity contribution in [3.05, 3.63) is 95.1 Å². The van der Waals surface area contributed by atoms with Gasteiger partial charge in [0.05, 0.1) is 11.2 Å². The van der Waals surface area contributed by atoms with Crippen molar-refractivity contribution in [3.63, 3.8) is 0 Å². The largest absolute Gasteiger partial charge is 0.487 e. The summed E-state index contributed by atoms with van der Waals surface area (Å²) >= 11 is 11.4. The first-order valence-corrected chi connectivity index (χ1v) is 10.3. The predicted octanol–water partition coefficient (Wildman–Crippen LogP) is 6.58. The molecule has 2 N–H and O–H groups in total. The summed E-state index contributed by atoms with van der Waals surface area (Å²) < 4.78 is 5.87. The molecule has 30 heavy (non-hydrogen) atoms. The minimum atomic E-state index is 0.410. The third kappa shape index (κ3) is 5.06. The van der Waals surface area contributed by atoms with E-state index in [9.17, 15) is 0 Å². The molecule has 0 spiro atoms. The fraction of sp³-hybridized carbons (Fsp3) is 0.0833. The second kappa shape index (κ2) is 9.11. The molecule has 0 aliphatic carbocycles. The molecule has 1 heterocycles. The van der Waals surface area contributed by atoms with Gasteiger partial charge in [0.25, 0.3) is 0 Å². The first kappa shape index (κ1) is 20.1. The average molecular weight is 434 g/mol. The number of ether oxygens (including phenoxy) is 1. The second-order valence-electron chi connectivity index (χ2n) is 6.85. The molecule has 150 valence electrons. The van der Waals surface area contributed by atoms with Crippen molar-refractivity contribution in [2.75, 3.05) is 10.6 Å². The molecule has 0 radical (unpaired) electrons. The van der Waals surface area contributed by atoms with Crippen molar-refractivity contribution in [2.45, 2.75) is 13.5 Å². The summed E-state index contributed by atoms with van der Waals surface area (Å²) in [5, 5.41) is 8.69. The lowest BCUT2D eigenvalue weighted by atomic mass is 10.2. The lowest BCUT2D eigenvalue weighted by Crippen LogP contribution is -2.19. The molecule has 0 bridgehead atoms. The van der Waals surface area contributed by atoms with E-state index < -0.39 is 0 Å². The van der Waals surface area contributed by atoms with Crippen LogP contribution >= 0.6 is 23.8 Å². The molecule has 0 aliphatic rings. The molecule has 0 atom stereocenters. The summed E-state index contributed by atoms with van der Waals surface area (Å²) in [4.78, 5) is 4.63. The maximum absolute atomic E-state index is 6.00. The Kier molecular flexibility index (Phi) is 6.12. The van der Waals surface area contributed by atoms with E-state index in [0.29, 0.717) is 16.7 Å². The number of para-hydroxylation sites is 1. The van der Waals surface area contributed by atoms with E-state index in [0.717, 1.165) is 39.3 Å². The number of aryl methyl sites for hydroxylation is 1. The van der Waals surface area contributed by atoms with Gasteiger partial charge in [0.2, 0.25) is 0 Å². The van der Waals surface area contributed by atoms with Gasteiger partial charge in [-0.2, -0.15) is 0 Å². The molecule has 3 aromatic carbocycles. The zero-order valence-electron chi connectivity index (χ0n) is 16.4. The molecule has 0 amide bonds. The van der Waals surface area contributed by atoms with Crippen LogP contribution in [0.5, 0.6) is 5.75 Å². The van der Waals surface area contributed by atoms with Crippen LogP contribution in [0.1, 0.15) is 11.3 Å². The van der Waals surface area contributed by atoms with Crippen molar-refractivity contribution in [3.8, 4) is 5.75 Å². The minimum absolute atomic E-state index is 0.410. The number of anilines is 2. The third-order valence-corrected chi connectivity index (χ3v) is 5.03. The van der Waals surface area contributed by atoms with Crippen LogP contribution in [0, 0.1) is 6.92 Å². The number of fused-ring (bicyclic) bond motifs is 1. The molecule has 4 rings (SSSR count). The fourth-order valence-corrected chi connectivity index (χ4v) is 3.49. The van der Waals surface area contributed by atoms with Gasteiger partial charge in [-0.05, 0) is 79.3 Å². The molecule has 0 fully saturated rings. The lowest BCUT2D eigenvalue weighted by Gasteiger charge is -2.13. The van der Waals surface area contributed by atoms with Crippen LogP contribution in [0.4, 0.5) is 11.4 Å². The standard InChI is InChI=1S/C24H20ClN3OS/c1-16-14-18(25)7-13-22(16)28-24(30)27-19-9-11-21(12-10-19)29-15-20-8-6-17-4-2-3-5-23(17)26-20/h2-14H,15H2,1H3,(H2,27,28,30). The van der Waals surface area contributed by atoms with Crippen LogP contribution in [0.3, 0.4) is 0 Å². The van der Waals surface area contributed by atoms with Crippen molar-refractivity contribution >= 4 is 51.2 Å². The van der Waals surface area contributed by atoms with E-state index in [1.165, 1.54) is 0 Å². The normalized spacial score (nSPS) is 10.6. The zero-order valence-corrected chi connectivity index (χ0v) is 17.9. The van der Waals surface area contributed by atoms with Gasteiger partial charge in [0.15, 0.2) is 5.11 Å². The molecule has 1 aromatic heterocycles. The van der Waals surface area contributed by atoms with Gasteiger partial charge < -0.3 is 15.4 Å². The molecule has 0 unspecified atom stereocenters. The molecule has 0 saturated carbocycles. The summed E-state index contributed by atoms with van der Waals surface area (Å²) in [6, 6.07) is 25.4. The van der Waals surface area contributed by atoms with Crippen LogP contribution in [0.15, 0.2) is 78.9 Å². The second-order valence-corrected chi connectivity index (χ2v) is 7.69. The smallest absolute Gasteiger partial charge is 0.175 e. The highest BCUT2D eigenvalue weighted by Gasteiger charge is 2.04. The SMILES string of the molecule is Cc1cc(Cl)ccc1NC(=S)Nc1ccc(OCc2ccc3ccccc3n2)cc1. The highest BCUT2D eigenvalue weighted by atomic mass is 35.5. The minimum Gasteiger partial charge on any atom is -0.487 e. The lowest BCUT2D eigenvalue weighted by molar-refractivity contribution is 0.302. The third-order valence-electron chi connectivity index (χ3n) is 4.59. The van der Waals surface area contributed by atoms with Crippen LogP contribution in [-0.2, 0) is 6.61 Å². The van der Waals surface area contributed by atoms with Gasteiger partial charge in [-0.1, -0.05) is 35.9 Å². The number of rotatable bonds is 5. The van der Waals surface area contributed by atoms with E-state index in [1.807, 2.05) is 79.7 Å². The number of aromatic nitrogens is 1. The highest BCUT2D eigenvalue weighted by molar-refractivity contribution is 7.80. The topological polar surface area (TPSA) is 46.2 Å². The maximum Gasteiger partial charge on any atom is 0.175 e. The van der Waals surface area contributed by atoms with Crippen molar-refractivity contribution in [1.82, 2.24) is 4.98 Å². The van der Waals surface area contributed by atoms with Gasteiger partial charge in [-0.15, -0.1) is 0 Å². The number of nitrogens with zero attached hydrogens (tertiary/aromatic N) is 1. The number of thiocarbonyl (C=S) groups is 1. The Morgan fingerprint density at radius 2 is 1.77 bits per heavy atom. The van der Waals surface area contributed by atoms with Gasteiger partial charge in [-0.3, -0.25) is 0 Å². The van der Waals surface area contributed by atoms with E-state index in [1.54, 1.807) is 0 Å². The monoisotopic (exact) mass is 433 g/mol.